The fraction of sp³-hybridized carbons (Fsp3) is 0.750. The monoisotopic (exact) mass is 344 g/mol. The molecule has 4 N–H and O–H groups in total. The van der Waals surface area contributed by atoms with Crippen molar-refractivity contribution < 1.29 is 39.6 Å². The molecule has 3 atom stereocenters. The highest BCUT2D eigenvalue weighted by atomic mass is 16.4. The standard InChI is InChI=1S/C16H24O8/c1-8-4-2-3-5-9(6-11(13(17)18)14(19)20)10(8)7-12(15(21)22)16(23)24/h8-12H,2-7H2,1H3,(H,17,18)(H,19,20)(H,21,22)(H,23,24). The van der Waals surface area contributed by atoms with Gasteiger partial charge in [-0.3, -0.25) is 19.2 Å². The number of carboxylic acids is 4. The summed E-state index contributed by atoms with van der Waals surface area (Å²) in [5.41, 5.74) is 0. The van der Waals surface area contributed by atoms with Crippen molar-refractivity contribution in [3.05, 3.63) is 0 Å². The van der Waals surface area contributed by atoms with Crippen LogP contribution in [0.15, 0.2) is 0 Å². The topological polar surface area (TPSA) is 149 Å². The largest absolute Gasteiger partial charge is 0.481 e. The lowest BCUT2D eigenvalue weighted by molar-refractivity contribution is -0.159. The van der Waals surface area contributed by atoms with E-state index >= 15 is 0 Å². The summed E-state index contributed by atoms with van der Waals surface area (Å²) in [4.78, 5) is 44.7. The van der Waals surface area contributed by atoms with E-state index in [2.05, 4.69) is 0 Å². The van der Waals surface area contributed by atoms with Gasteiger partial charge in [0, 0.05) is 0 Å². The van der Waals surface area contributed by atoms with Crippen LogP contribution in [-0.2, 0) is 19.2 Å². The van der Waals surface area contributed by atoms with Gasteiger partial charge in [-0.25, -0.2) is 0 Å². The Bertz CT molecular complexity index is 472. The van der Waals surface area contributed by atoms with E-state index in [1.165, 1.54) is 0 Å². The van der Waals surface area contributed by atoms with Crippen LogP contribution in [-0.4, -0.2) is 44.3 Å². The third kappa shape index (κ3) is 5.21. The van der Waals surface area contributed by atoms with E-state index in [9.17, 15) is 19.2 Å². The molecule has 0 aromatic heterocycles. The van der Waals surface area contributed by atoms with Gasteiger partial charge in [0.1, 0.15) is 0 Å². The van der Waals surface area contributed by atoms with Crippen LogP contribution in [0, 0.1) is 29.6 Å². The van der Waals surface area contributed by atoms with E-state index in [1.54, 1.807) is 0 Å². The molecule has 0 aromatic rings. The Labute approximate surface area is 139 Å². The maximum absolute atomic E-state index is 11.2. The molecule has 1 rings (SSSR count). The molecule has 3 unspecified atom stereocenters. The smallest absolute Gasteiger partial charge is 0.317 e. The van der Waals surface area contributed by atoms with Crippen molar-refractivity contribution in [2.24, 2.45) is 29.6 Å². The van der Waals surface area contributed by atoms with Gasteiger partial charge in [-0.05, 0) is 30.6 Å². The second-order valence-corrected chi connectivity index (χ2v) is 6.62. The van der Waals surface area contributed by atoms with E-state index in [0.717, 1.165) is 19.3 Å². The molecule has 1 fully saturated rings. The SMILES string of the molecule is CC1CCCCC(CC(C(=O)O)C(=O)O)C1CC(C(=O)O)C(=O)O. The normalized spacial score (nSPS) is 24.5. The first-order valence-electron chi connectivity index (χ1n) is 8.06. The molecule has 1 aliphatic rings. The zero-order valence-electron chi connectivity index (χ0n) is 13.6. The lowest BCUT2D eigenvalue weighted by Gasteiger charge is -2.31. The zero-order valence-corrected chi connectivity index (χ0v) is 13.6. The molecule has 0 aromatic carbocycles. The van der Waals surface area contributed by atoms with Gasteiger partial charge in [0.2, 0.25) is 0 Å². The summed E-state index contributed by atoms with van der Waals surface area (Å²) in [6.45, 7) is 1.89. The van der Waals surface area contributed by atoms with Crippen LogP contribution in [0.4, 0.5) is 0 Å². The summed E-state index contributed by atoms with van der Waals surface area (Å²) < 4.78 is 0. The summed E-state index contributed by atoms with van der Waals surface area (Å²) in [5, 5.41) is 36.4. The van der Waals surface area contributed by atoms with Gasteiger partial charge in [-0.1, -0.05) is 32.6 Å². The number of rotatable bonds is 8. The van der Waals surface area contributed by atoms with Crippen molar-refractivity contribution in [2.75, 3.05) is 0 Å². The van der Waals surface area contributed by atoms with Crippen LogP contribution in [0.2, 0.25) is 0 Å². The van der Waals surface area contributed by atoms with Crippen LogP contribution in [0.5, 0.6) is 0 Å². The van der Waals surface area contributed by atoms with Gasteiger partial charge in [0.15, 0.2) is 11.8 Å². The fourth-order valence-corrected chi connectivity index (χ4v) is 3.67. The number of hydrogen-bond donors (Lipinski definition) is 4. The van der Waals surface area contributed by atoms with Gasteiger partial charge in [0.25, 0.3) is 0 Å². The second-order valence-electron chi connectivity index (χ2n) is 6.62. The van der Waals surface area contributed by atoms with Gasteiger partial charge >= 0.3 is 23.9 Å². The maximum atomic E-state index is 11.2. The molecule has 0 amide bonds. The third-order valence-electron chi connectivity index (χ3n) is 5.06. The second kappa shape index (κ2) is 8.65. The van der Waals surface area contributed by atoms with Crippen LogP contribution >= 0.6 is 0 Å². The van der Waals surface area contributed by atoms with E-state index in [1.807, 2.05) is 6.92 Å². The first kappa shape index (κ1) is 19.9. The van der Waals surface area contributed by atoms with Crippen LogP contribution < -0.4 is 0 Å². The highest BCUT2D eigenvalue weighted by molar-refractivity contribution is 5.93. The van der Waals surface area contributed by atoms with Crippen molar-refractivity contribution in [3.8, 4) is 0 Å². The summed E-state index contributed by atoms with van der Waals surface area (Å²) in [6, 6.07) is 0. The Balaban J connectivity index is 3.03. The highest BCUT2D eigenvalue weighted by Gasteiger charge is 2.39. The maximum Gasteiger partial charge on any atom is 0.317 e. The predicted molar refractivity (Wildman–Crippen MR) is 81.4 cm³/mol. The number of carbonyl (C=O) groups is 4. The highest BCUT2D eigenvalue weighted by Crippen LogP contribution is 2.40. The molecule has 1 saturated carbocycles. The van der Waals surface area contributed by atoms with Crippen LogP contribution in [0.3, 0.4) is 0 Å². The number of hydrogen-bond acceptors (Lipinski definition) is 4. The van der Waals surface area contributed by atoms with Gasteiger partial charge in [-0.15, -0.1) is 0 Å². The Kier molecular flexibility index (Phi) is 7.18. The summed E-state index contributed by atoms with van der Waals surface area (Å²) in [5.74, 6) is -9.45. The first-order chi connectivity index (χ1) is 11.1. The Morgan fingerprint density at radius 2 is 1.21 bits per heavy atom. The van der Waals surface area contributed by atoms with Crippen molar-refractivity contribution in [3.63, 3.8) is 0 Å². The Morgan fingerprint density at radius 1 is 0.792 bits per heavy atom. The molecule has 8 nitrogen and oxygen atoms in total. The lowest BCUT2D eigenvalue weighted by Crippen LogP contribution is -2.34. The number of aliphatic carboxylic acids is 4. The summed E-state index contributed by atoms with van der Waals surface area (Å²) in [7, 11) is 0. The van der Waals surface area contributed by atoms with Crippen LogP contribution in [0.1, 0.15) is 45.4 Å². The predicted octanol–water partition coefficient (Wildman–Crippen LogP) is 1.78. The summed E-state index contributed by atoms with van der Waals surface area (Å²) >= 11 is 0. The average molecular weight is 344 g/mol. The van der Waals surface area contributed by atoms with Crippen molar-refractivity contribution in [1.82, 2.24) is 0 Å². The molecule has 8 heteroatoms. The molecule has 1 aliphatic carbocycles. The van der Waals surface area contributed by atoms with Crippen molar-refractivity contribution in [2.45, 2.75) is 45.4 Å². The lowest BCUT2D eigenvalue weighted by atomic mass is 9.72. The quantitative estimate of drug-likeness (QED) is 0.384. The molecule has 0 saturated heterocycles. The summed E-state index contributed by atoms with van der Waals surface area (Å²) in [6.07, 6.45) is 2.83. The van der Waals surface area contributed by atoms with E-state index in [0.29, 0.717) is 6.42 Å². The molecule has 0 heterocycles. The molecule has 0 aliphatic heterocycles. The van der Waals surface area contributed by atoms with E-state index in [-0.39, 0.29) is 30.6 Å². The number of carboxylic acid groups (broad SMARTS) is 4. The molecule has 0 spiro atoms. The van der Waals surface area contributed by atoms with Crippen molar-refractivity contribution >= 4 is 23.9 Å². The molecule has 136 valence electrons. The molecule has 24 heavy (non-hydrogen) atoms. The van der Waals surface area contributed by atoms with Crippen LogP contribution in [0.25, 0.3) is 0 Å². The molecule has 0 radical (unpaired) electrons. The average Bonchev–Trinajstić information content (AvgIpc) is 2.62. The minimum Gasteiger partial charge on any atom is -0.481 e. The first-order valence-corrected chi connectivity index (χ1v) is 8.06. The molecular weight excluding hydrogens is 320 g/mol. The minimum atomic E-state index is -1.56. The van der Waals surface area contributed by atoms with E-state index < -0.39 is 35.7 Å². The van der Waals surface area contributed by atoms with Gasteiger partial charge in [-0.2, -0.15) is 0 Å². The zero-order chi connectivity index (χ0) is 18.4. The third-order valence-corrected chi connectivity index (χ3v) is 5.06. The Morgan fingerprint density at radius 3 is 1.67 bits per heavy atom. The molecular formula is C16H24O8. The van der Waals surface area contributed by atoms with Crippen molar-refractivity contribution in [1.29, 1.82) is 0 Å². The van der Waals surface area contributed by atoms with Gasteiger partial charge in [0.05, 0.1) is 0 Å². The minimum absolute atomic E-state index is 0.0157. The fourth-order valence-electron chi connectivity index (χ4n) is 3.67. The Hall–Kier alpha value is -2.12. The molecule has 0 bridgehead atoms. The van der Waals surface area contributed by atoms with Gasteiger partial charge < -0.3 is 20.4 Å². The van der Waals surface area contributed by atoms with E-state index in [4.69, 9.17) is 20.4 Å².